The van der Waals surface area contributed by atoms with Gasteiger partial charge in [0.15, 0.2) is 0 Å². The van der Waals surface area contributed by atoms with Gasteiger partial charge in [0, 0.05) is 17.3 Å². The van der Waals surface area contributed by atoms with E-state index in [0.717, 1.165) is 0 Å². The number of amides is 1. The molecule has 0 fully saturated rings. The number of ether oxygens (including phenoxy) is 1. The van der Waals surface area contributed by atoms with Crippen molar-refractivity contribution in [1.82, 2.24) is 0 Å². The predicted octanol–water partition coefficient (Wildman–Crippen LogP) is 2.97. The summed E-state index contributed by atoms with van der Waals surface area (Å²) in [5, 5.41) is 2.52. The zero-order valence-corrected chi connectivity index (χ0v) is 9.60. The van der Waals surface area contributed by atoms with E-state index in [1.54, 1.807) is 42.5 Å². The smallest absolute Gasteiger partial charge is 0.211 e. The fourth-order valence-corrected chi connectivity index (χ4v) is 1.52. The van der Waals surface area contributed by atoms with E-state index in [0.29, 0.717) is 23.4 Å². The summed E-state index contributed by atoms with van der Waals surface area (Å²) in [6.45, 7) is 0.150. The quantitative estimate of drug-likeness (QED) is 0.822. The molecule has 0 bridgehead atoms. The Hall–Kier alpha value is -2.36. The highest BCUT2D eigenvalue weighted by Crippen LogP contribution is 2.18. The summed E-state index contributed by atoms with van der Waals surface area (Å²) in [5.41, 5.74) is 1.13. The summed E-state index contributed by atoms with van der Waals surface area (Å²) in [4.78, 5) is 10.3. The monoisotopic (exact) mass is 245 g/mol. The van der Waals surface area contributed by atoms with Gasteiger partial charge in [-0.2, -0.15) is 0 Å². The van der Waals surface area contributed by atoms with Crippen molar-refractivity contribution in [2.24, 2.45) is 0 Å². The molecule has 18 heavy (non-hydrogen) atoms. The van der Waals surface area contributed by atoms with Crippen LogP contribution in [-0.2, 0) is 11.4 Å². The van der Waals surface area contributed by atoms with Crippen LogP contribution >= 0.6 is 0 Å². The van der Waals surface area contributed by atoms with Crippen LogP contribution in [0.2, 0.25) is 0 Å². The number of hydrogen-bond donors (Lipinski definition) is 1. The average molecular weight is 245 g/mol. The van der Waals surface area contributed by atoms with E-state index >= 15 is 0 Å². The molecule has 0 aliphatic heterocycles. The van der Waals surface area contributed by atoms with Gasteiger partial charge in [-0.15, -0.1) is 0 Å². The van der Waals surface area contributed by atoms with Crippen LogP contribution < -0.4 is 10.1 Å². The van der Waals surface area contributed by atoms with Crippen molar-refractivity contribution in [3.05, 3.63) is 59.9 Å². The van der Waals surface area contributed by atoms with E-state index in [-0.39, 0.29) is 12.4 Å². The highest BCUT2D eigenvalue weighted by molar-refractivity contribution is 5.71. The second-order valence-electron chi connectivity index (χ2n) is 3.67. The fourth-order valence-electron chi connectivity index (χ4n) is 1.52. The van der Waals surface area contributed by atoms with E-state index in [9.17, 15) is 9.18 Å². The molecule has 0 spiro atoms. The van der Waals surface area contributed by atoms with Crippen LogP contribution in [0.25, 0.3) is 0 Å². The number of carbonyl (C=O) groups is 1. The molecule has 2 rings (SSSR count). The lowest BCUT2D eigenvalue weighted by atomic mass is 10.2. The molecule has 1 N–H and O–H groups in total. The lowest BCUT2D eigenvalue weighted by Crippen LogP contribution is -1.99. The fraction of sp³-hybridized carbons (Fsp3) is 0.0714. The minimum absolute atomic E-state index is 0.150. The molecule has 0 unspecified atom stereocenters. The van der Waals surface area contributed by atoms with Crippen LogP contribution in [-0.4, -0.2) is 6.41 Å². The van der Waals surface area contributed by atoms with Crippen LogP contribution in [0.15, 0.2) is 48.5 Å². The van der Waals surface area contributed by atoms with Crippen molar-refractivity contribution in [3.63, 3.8) is 0 Å². The molecule has 1 amide bonds. The van der Waals surface area contributed by atoms with Gasteiger partial charge in [-0.05, 0) is 18.2 Å². The molecule has 92 valence electrons. The molecule has 0 aromatic heterocycles. The van der Waals surface area contributed by atoms with Crippen LogP contribution in [0.5, 0.6) is 5.75 Å². The molecule has 4 heteroatoms. The second kappa shape index (κ2) is 5.82. The maximum atomic E-state index is 13.4. The molecule has 0 radical (unpaired) electrons. The standard InChI is InChI=1S/C14H12FNO2/c15-14-7-2-1-4-11(14)9-18-13-6-3-5-12(8-13)16-10-17/h1-8,10H,9H2,(H,16,17). The molecule has 2 aromatic carbocycles. The highest BCUT2D eigenvalue weighted by Gasteiger charge is 2.02. The first kappa shape index (κ1) is 12.1. The van der Waals surface area contributed by atoms with Crippen LogP contribution in [0.4, 0.5) is 10.1 Å². The van der Waals surface area contributed by atoms with Crippen molar-refractivity contribution in [1.29, 1.82) is 0 Å². The second-order valence-corrected chi connectivity index (χ2v) is 3.67. The first-order valence-electron chi connectivity index (χ1n) is 5.46. The van der Waals surface area contributed by atoms with Crippen molar-refractivity contribution in [2.75, 3.05) is 5.32 Å². The maximum Gasteiger partial charge on any atom is 0.211 e. The van der Waals surface area contributed by atoms with E-state index in [1.807, 2.05) is 0 Å². The molecule has 0 heterocycles. The van der Waals surface area contributed by atoms with Crippen LogP contribution in [0.3, 0.4) is 0 Å². The number of halogens is 1. The Bertz CT molecular complexity index is 543. The minimum atomic E-state index is -0.292. The minimum Gasteiger partial charge on any atom is -0.489 e. The molecule has 3 nitrogen and oxygen atoms in total. The number of carbonyl (C=O) groups excluding carboxylic acids is 1. The first-order valence-corrected chi connectivity index (χ1v) is 5.46. The number of anilines is 1. The predicted molar refractivity (Wildman–Crippen MR) is 66.9 cm³/mol. The third-order valence-electron chi connectivity index (χ3n) is 2.41. The number of hydrogen-bond acceptors (Lipinski definition) is 2. The van der Waals surface area contributed by atoms with Gasteiger partial charge in [0.1, 0.15) is 18.2 Å². The molecule has 0 aliphatic carbocycles. The third kappa shape index (κ3) is 3.07. The van der Waals surface area contributed by atoms with Gasteiger partial charge in [-0.1, -0.05) is 24.3 Å². The molecular weight excluding hydrogens is 233 g/mol. The topological polar surface area (TPSA) is 38.3 Å². The van der Waals surface area contributed by atoms with E-state index in [2.05, 4.69) is 5.32 Å². The van der Waals surface area contributed by atoms with Crippen LogP contribution in [0.1, 0.15) is 5.56 Å². The van der Waals surface area contributed by atoms with Crippen molar-refractivity contribution in [3.8, 4) is 5.75 Å². The van der Waals surface area contributed by atoms with Gasteiger partial charge in [0.25, 0.3) is 0 Å². The average Bonchev–Trinajstić information content (AvgIpc) is 2.39. The number of benzene rings is 2. The Morgan fingerprint density at radius 3 is 2.78 bits per heavy atom. The zero-order valence-electron chi connectivity index (χ0n) is 9.60. The lowest BCUT2D eigenvalue weighted by Gasteiger charge is -2.08. The number of rotatable bonds is 5. The van der Waals surface area contributed by atoms with Gasteiger partial charge < -0.3 is 10.1 Å². The normalized spacial score (nSPS) is 9.83. The lowest BCUT2D eigenvalue weighted by molar-refractivity contribution is -0.105. The summed E-state index contributed by atoms with van der Waals surface area (Å²) in [7, 11) is 0. The van der Waals surface area contributed by atoms with E-state index in [4.69, 9.17) is 4.74 Å². The summed E-state index contributed by atoms with van der Waals surface area (Å²) in [6.07, 6.45) is 0.593. The molecular formula is C14H12FNO2. The van der Waals surface area contributed by atoms with Gasteiger partial charge in [-0.3, -0.25) is 4.79 Å². The van der Waals surface area contributed by atoms with Crippen molar-refractivity contribution >= 4 is 12.1 Å². The third-order valence-corrected chi connectivity index (χ3v) is 2.41. The van der Waals surface area contributed by atoms with Crippen molar-refractivity contribution < 1.29 is 13.9 Å². The Labute approximate surface area is 104 Å². The summed E-state index contributed by atoms with van der Waals surface area (Å²) in [6, 6.07) is 13.4. The highest BCUT2D eigenvalue weighted by atomic mass is 19.1. The Kier molecular flexibility index (Phi) is 3.91. The molecule has 2 aromatic rings. The van der Waals surface area contributed by atoms with Crippen LogP contribution in [0, 0.1) is 5.82 Å². The molecule has 0 saturated carbocycles. The Balaban J connectivity index is 2.04. The molecule has 0 aliphatic rings. The molecule has 0 saturated heterocycles. The van der Waals surface area contributed by atoms with Gasteiger partial charge >= 0.3 is 0 Å². The largest absolute Gasteiger partial charge is 0.489 e. The SMILES string of the molecule is O=CNc1cccc(OCc2ccccc2F)c1. The Morgan fingerprint density at radius 2 is 2.00 bits per heavy atom. The van der Waals surface area contributed by atoms with Gasteiger partial charge in [0.05, 0.1) is 0 Å². The summed E-state index contributed by atoms with van der Waals surface area (Å²) < 4.78 is 18.8. The number of nitrogens with one attached hydrogen (secondary N) is 1. The van der Waals surface area contributed by atoms with E-state index < -0.39 is 0 Å². The van der Waals surface area contributed by atoms with Gasteiger partial charge in [0.2, 0.25) is 6.41 Å². The summed E-state index contributed by atoms with van der Waals surface area (Å²) >= 11 is 0. The summed E-state index contributed by atoms with van der Waals surface area (Å²) in [5.74, 6) is 0.282. The maximum absolute atomic E-state index is 13.4. The first-order chi connectivity index (χ1) is 8.79. The van der Waals surface area contributed by atoms with Gasteiger partial charge in [-0.25, -0.2) is 4.39 Å². The zero-order chi connectivity index (χ0) is 12.8. The Morgan fingerprint density at radius 1 is 1.17 bits per heavy atom. The van der Waals surface area contributed by atoms with E-state index in [1.165, 1.54) is 6.07 Å². The van der Waals surface area contributed by atoms with Crippen molar-refractivity contribution in [2.45, 2.75) is 6.61 Å². The molecule has 0 atom stereocenters.